The molecule has 0 atom stereocenters. The number of carbonyl (C=O) groups is 2. The molecule has 7 heteroatoms. The van der Waals surface area contributed by atoms with Gasteiger partial charge in [-0.05, 0) is 87.9 Å². The summed E-state index contributed by atoms with van der Waals surface area (Å²) in [6, 6.07) is 17.6. The molecule has 1 saturated heterocycles. The average Bonchev–Trinajstić information content (AvgIpc) is 2.98. The Morgan fingerprint density at radius 2 is 1.73 bits per heavy atom. The van der Waals surface area contributed by atoms with Gasteiger partial charge in [-0.15, -0.1) is 0 Å². The number of benzene rings is 2. The van der Waals surface area contributed by atoms with Gasteiger partial charge >= 0.3 is 0 Å². The van der Waals surface area contributed by atoms with E-state index in [9.17, 15) is 9.59 Å². The van der Waals surface area contributed by atoms with Crippen LogP contribution in [0.2, 0.25) is 0 Å². The lowest BCUT2D eigenvalue weighted by Crippen LogP contribution is -2.38. The molecule has 1 heterocycles. The summed E-state index contributed by atoms with van der Waals surface area (Å²) in [7, 11) is 0. The normalized spacial score (nSPS) is 15.4. The first-order valence-corrected chi connectivity index (χ1v) is 14.8. The number of primary amides is 1. The Morgan fingerprint density at radius 1 is 1.00 bits per heavy atom. The predicted molar refractivity (Wildman–Crippen MR) is 169 cm³/mol. The van der Waals surface area contributed by atoms with Crippen LogP contribution in [-0.4, -0.2) is 36.3 Å². The molecule has 2 aromatic rings. The van der Waals surface area contributed by atoms with Crippen LogP contribution in [0.1, 0.15) is 75.2 Å². The number of nitrogens with one attached hydrogen (secondary N) is 2. The molecule has 0 radical (unpaired) electrons. The van der Waals surface area contributed by atoms with E-state index in [4.69, 9.17) is 11.5 Å². The van der Waals surface area contributed by atoms with Gasteiger partial charge in [-0.3, -0.25) is 9.59 Å². The highest BCUT2D eigenvalue weighted by atomic mass is 16.2. The van der Waals surface area contributed by atoms with Gasteiger partial charge in [0.1, 0.15) is 0 Å². The number of amides is 2. The summed E-state index contributed by atoms with van der Waals surface area (Å²) < 4.78 is 0. The third kappa shape index (κ3) is 10.3. The van der Waals surface area contributed by atoms with Gasteiger partial charge in [0.15, 0.2) is 0 Å². The van der Waals surface area contributed by atoms with Crippen LogP contribution in [0.3, 0.4) is 0 Å². The highest BCUT2D eigenvalue weighted by molar-refractivity contribution is 5.96. The van der Waals surface area contributed by atoms with E-state index in [1.165, 1.54) is 12.8 Å². The van der Waals surface area contributed by atoms with E-state index in [0.717, 1.165) is 67.8 Å². The zero-order chi connectivity index (χ0) is 29.6. The third-order valence-corrected chi connectivity index (χ3v) is 7.61. The fourth-order valence-corrected chi connectivity index (χ4v) is 5.04. The lowest BCUT2D eigenvalue weighted by atomic mass is 9.91. The minimum absolute atomic E-state index is 0.0667. The minimum Gasteiger partial charge on any atom is -0.380 e. The van der Waals surface area contributed by atoms with Crippen molar-refractivity contribution in [2.45, 2.75) is 65.8 Å². The standard InChI is InChI=1S/C34H47N5O2/c1-4-25(2)21-31(33(36)40)32(37-24-28-12-6-5-7-13-28)22-26(3)38-30-15-10-14-29(23-30)34(41)39-19-16-27(17-20-39)11-8-9-18-35/h5-7,10,12-15,21-23,27,37-38H,4,8-9,11,16-20,24,35H2,1-3H3,(H2,36,40)/b25-21+,26-22+,32-31-. The number of unbranched alkanes of at least 4 members (excludes halogenated alkanes) is 1. The van der Waals surface area contributed by atoms with Crippen molar-refractivity contribution >= 4 is 17.5 Å². The number of piperidine rings is 1. The van der Waals surface area contributed by atoms with Crippen molar-refractivity contribution in [3.63, 3.8) is 0 Å². The van der Waals surface area contributed by atoms with Crippen molar-refractivity contribution in [1.29, 1.82) is 0 Å². The summed E-state index contributed by atoms with van der Waals surface area (Å²) in [4.78, 5) is 27.7. The smallest absolute Gasteiger partial charge is 0.253 e. The van der Waals surface area contributed by atoms with Crippen molar-refractivity contribution in [2.24, 2.45) is 17.4 Å². The largest absolute Gasteiger partial charge is 0.380 e. The Hall–Kier alpha value is -3.84. The molecule has 0 saturated carbocycles. The van der Waals surface area contributed by atoms with Crippen molar-refractivity contribution < 1.29 is 9.59 Å². The van der Waals surface area contributed by atoms with E-state index in [1.54, 1.807) is 0 Å². The van der Waals surface area contributed by atoms with Crippen LogP contribution in [0, 0.1) is 5.92 Å². The second kappa shape index (κ2) is 16.4. The zero-order valence-corrected chi connectivity index (χ0v) is 24.9. The van der Waals surface area contributed by atoms with Crippen LogP contribution in [-0.2, 0) is 11.3 Å². The first-order chi connectivity index (χ1) is 19.8. The van der Waals surface area contributed by atoms with Gasteiger partial charge in [0.05, 0.1) is 5.57 Å². The molecule has 0 spiro atoms. The molecular formula is C34H47N5O2. The number of carbonyl (C=O) groups excluding carboxylic acids is 2. The van der Waals surface area contributed by atoms with Gasteiger partial charge in [-0.1, -0.05) is 61.7 Å². The monoisotopic (exact) mass is 557 g/mol. The maximum Gasteiger partial charge on any atom is 0.253 e. The predicted octanol–water partition coefficient (Wildman–Crippen LogP) is 5.87. The van der Waals surface area contributed by atoms with Crippen LogP contribution >= 0.6 is 0 Å². The maximum absolute atomic E-state index is 13.3. The van der Waals surface area contributed by atoms with Gasteiger partial charge in [0.25, 0.3) is 11.8 Å². The van der Waals surface area contributed by atoms with Crippen LogP contribution < -0.4 is 22.1 Å². The number of anilines is 1. The number of allylic oxidation sites excluding steroid dienone is 3. The minimum atomic E-state index is -0.492. The number of hydrogen-bond acceptors (Lipinski definition) is 5. The number of rotatable bonds is 14. The maximum atomic E-state index is 13.3. The molecular weight excluding hydrogens is 510 g/mol. The lowest BCUT2D eigenvalue weighted by molar-refractivity contribution is -0.114. The van der Waals surface area contributed by atoms with E-state index >= 15 is 0 Å². The average molecular weight is 558 g/mol. The van der Waals surface area contributed by atoms with E-state index in [1.807, 2.05) is 92.4 Å². The van der Waals surface area contributed by atoms with E-state index in [2.05, 4.69) is 10.6 Å². The molecule has 1 aliphatic heterocycles. The molecule has 2 amide bonds. The highest BCUT2D eigenvalue weighted by Crippen LogP contribution is 2.24. The molecule has 3 rings (SSSR count). The van der Waals surface area contributed by atoms with Gasteiger partial charge in [0.2, 0.25) is 0 Å². The molecule has 7 nitrogen and oxygen atoms in total. The van der Waals surface area contributed by atoms with Gasteiger partial charge < -0.3 is 27.0 Å². The molecule has 220 valence electrons. The van der Waals surface area contributed by atoms with Crippen molar-refractivity contribution in [2.75, 3.05) is 25.0 Å². The molecule has 0 bridgehead atoms. The fraction of sp³-hybridized carbons (Fsp3) is 0.412. The molecule has 1 aliphatic rings. The second-order valence-electron chi connectivity index (χ2n) is 10.9. The molecule has 2 aromatic carbocycles. The van der Waals surface area contributed by atoms with Gasteiger partial charge in [-0.25, -0.2) is 0 Å². The first-order valence-electron chi connectivity index (χ1n) is 14.8. The summed E-state index contributed by atoms with van der Waals surface area (Å²) in [5.74, 6) is 0.260. The Labute approximate surface area is 245 Å². The number of nitrogens with two attached hydrogens (primary N) is 2. The van der Waals surface area contributed by atoms with Gasteiger partial charge in [-0.2, -0.15) is 0 Å². The first kappa shape index (κ1) is 31.7. The number of likely N-dealkylation sites (tertiary alicyclic amines) is 1. The quantitative estimate of drug-likeness (QED) is 0.132. The molecule has 0 aromatic heterocycles. The molecule has 6 N–H and O–H groups in total. The highest BCUT2D eigenvalue weighted by Gasteiger charge is 2.23. The molecule has 0 unspecified atom stereocenters. The van der Waals surface area contributed by atoms with Gasteiger partial charge in [0, 0.05) is 42.3 Å². The number of hydrogen-bond donors (Lipinski definition) is 4. The molecule has 0 aliphatic carbocycles. The third-order valence-electron chi connectivity index (χ3n) is 7.61. The Balaban J connectivity index is 1.75. The molecule has 41 heavy (non-hydrogen) atoms. The summed E-state index contributed by atoms with van der Waals surface area (Å²) in [6.07, 6.45) is 10.1. The fourth-order valence-electron chi connectivity index (χ4n) is 5.04. The lowest BCUT2D eigenvalue weighted by Gasteiger charge is -2.32. The Morgan fingerprint density at radius 3 is 2.39 bits per heavy atom. The van der Waals surface area contributed by atoms with Crippen LogP contribution in [0.4, 0.5) is 5.69 Å². The van der Waals surface area contributed by atoms with E-state index < -0.39 is 5.91 Å². The van der Waals surface area contributed by atoms with E-state index in [-0.39, 0.29) is 5.91 Å². The van der Waals surface area contributed by atoms with Crippen LogP contribution in [0.5, 0.6) is 0 Å². The summed E-state index contributed by atoms with van der Waals surface area (Å²) in [6.45, 7) is 8.85. The summed E-state index contributed by atoms with van der Waals surface area (Å²) >= 11 is 0. The van der Waals surface area contributed by atoms with Crippen molar-refractivity contribution in [3.8, 4) is 0 Å². The topological polar surface area (TPSA) is 113 Å². The van der Waals surface area contributed by atoms with Crippen molar-refractivity contribution in [3.05, 3.63) is 100 Å². The second-order valence-corrected chi connectivity index (χ2v) is 10.9. The zero-order valence-electron chi connectivity index (χ0n) is 24.9. The Bertz CT molecular complexity index is 1240. The SMILES string of the molecule is CC/C(C)=C/C(C(N)=O)=C(\C=C(/C)Nc1cccc(C(=O)N2CCC(CCCCN)CC2)c1)NCc1ccccc1. The van der Waals surface area contributed by atoms with E-state index in [0.29, 0.717) is 29.3 Å². The summed E-state index contributed by atoms with van der Waals surface area (Å²) in [5.41, 5.74) is 17.0. The van der Waals surface area contributed by atoms with Crippen LogP contribution in [0.25, 0.3) is 0 Å². The Kier molecular flexibility index (Phi) is 12.7. The summed E-state index contributed by atoms with van der Waals surface area (Å²) in [5, 5.41) is 6.81. The molecule has 1 fully saturated rings. The number of nitrogens with zero attached hydrogens (tertiary/aromatic N) is 1. The van der Waals surface area contributed by atoms with Crippen molar-refractivity contribution in [1.82, 2.24) is 10.2 Å². The van der Waals surface area contributed by atoms with Crippen LogP contribution in [0.15, 0.2) is 89.3 Å².